The summed E-state index contributed by atoms with van der Waals surface area (Å²) in [4.78, 5) is 2.23. The van der Waals surface area contributed by atoms with Crippen molar-refractivity contribution in [3.8, 4) is 5.75 Å². The lowest BCUT2D eigenvalue weighted by atomic mass is 9.80. The SMILES string of the molecule is COc1ccc(C(O)C2(N(C)C)CCCCCC2)cc1. The quantitative estimate of drug-likeness (QED) is 0.856. The molecule has 1 aromatic carbocycles. The van der Waals surface area contributed by atoms with Gasteiger partial charge in [-0.05, 0) is 44.6 Å². The number of likely N-dealkylation sites (N-methyl/N-ethyl adjacent to an activating group) is 1. The highest BCUT2D eigenvalue weighted by Crippen LogP contribution is 2.41. The summed E-state index contributed by atoms with van der Waals surface area (Å²) in [6.45, 7) is 0. The second kappa shape index (κ2) is 6.59. The molecule has 0 radical (unpaired) electrons. The van der Waals surface area contributed by atoms with Gasteiger partial charge in [0.15, 0.2) is 0 Å². The Morgan fingerprint density at radius 3 is 2.05 bits per heavy atom. The van der Waals surface area contributed by atoms with E-state index in [4.69, 9.17) is 4.74 Å². The van der Waals surface area contributed by atoms with E-state index in [2.05, 4.69) is 19.0 Å². The highest BCUT2D eigenvalue weighted by atomic mass is 16.5. The molecule has 2 rings (SSSR count). The summed E-state index contributed by atoms with van der Waals surface area (Å²) < 4.78 is 5.19. The minimum atomic E-state index is -0.443. The van der Waals surface area contributed by atoms with Crippen LogP contribution in [0.25, 0.3) is 0 Å². The summed E-state index contributed by atoms with van der Waals surface area (Å²) in [5.41, 5.74) is 0.854. The van der Waals surface area contributed by atoms with Gasteiger partial charge in [-0.15, -0.1) is 0 Å². The first-order valence-corrected chi connectivity index (χ1v) is 7.59. The molecule has 1 saturated carbocycles. The van der Waals surface area contributed by atoms with E-state index >= 15 is 0 Å². The van der Waals surface area contributed by atoms with Gasteiger partial charge in [0.1, 0.15) is 5.75 Å². The molecule has 1 aliphatic carbocycles. The van der Waals surface area contributed by atoms with Crippen LogP contribution in [0.15, 0.2) is 24.3 Å². The van der Waals surface area contributed by atoms with Crippen molar-refractivity contribution in [2.45, 2.75) is 50.2 Å². The summed E-state index contributed by atoms with van der Waals surface area (Å²) >= 11 is 0. The van der Waals surface area contributed by atoms with Crippen molar-refractivity contribution >= 4 is 0 Å². The first-order chi connectivity index (χ1) is 9.60. The topological polar surface area (TPSA) is 32.7 Å². The van der Waals surface area contributed by atoms with Crippen LogP contribution >= 0.6 is 0 Å². The lowest BCUT2D eigenvalue weighted by Gasteiger charge is -2.43. The molecule has 0 aliphatic heterocycles. The van der Waals surface area contributed by atoms with Crippen LogP contribution in [0, 0.1) is 0 Å². The van der Waals surface area contributed by atoms with E-state index in [1.165, 1.54) is 25.7 Å². The van der Waals surface area contributed by atoms with Gasteiger partial charge in [-0.3, -0.25) is 0 Å². The second-order valence-corrected chi connectivity index (χ2v) is 6.09. The lowest BCUT2D eigenvalue weighted by Crippen LogP contribution is -2.49. The largest absolute Gasteiger partial charge is 0.497 e. The zero-order chi connectivity index (χ0) is 14.6. The molecule has 1 unspecified atom stereocenters. The fraction of sp³-hybridized carbons (Fsp3) is 0.647. The zero-order valence-corrected chi connectivity index (χ0v) is 12.9. The molecular formula is C17H27NO2. The Bertz CT molecular complexity index is 406. The Labute approximate surface area is 122 Å². The lowest BCUT2D eigenvalue weighted by molar-refractivity contribution is -0.0199. The molecule has 3 nitrogen and oxygen atoms in total. The third kappa shape index (κ3) is 2.99. The van der Waals surface area contributed by atoms with Crippen molar-refractivity contribution in [1.29, 1.82) is 0 Å². The summed E-state index contributed by atoms with van der Waals surface area (Å²) in [6, 6.07) is 7.83. The molecule has 1 aromatic rings. The first kappa shape index (κ1) is 15.3. The van der Waals surface area contributed by atoms with E-state index in [0.29, 0.717) is 0 Å². The van der Waals surface area contributed by atoms with Gasteiger partial charge in [0, 0.05) is 0 Å². The second-order valence-electron chi connectivity index (χ2n) is 6.09. The van der Waals surface area contributed by atoms with Gasteiger partial charge in [-0.25, -0.2) is 0 Å². The van der Waals surface area contributed by atoms with Crippen LogP contribution in [-0.2, 0) is 0 Å². The number of benzene rings is 1. The molecule has 0 spiro atoms. The van der Waals surface area contributed by atoms with E-state index < -0.39 is 6.10 Å². The van der Waals surface area contributed by atoms with E-state index in [-0.39, 0.29) is 5.54 Å². The van der Waals surface area contributed by atoms with E-state index in [1.54, 1.807) is 7.11 Å². The number of nitrogens with zero attached hydrogens (tertiary/aromatic N) is 1. The number of aliphatic hydroxyl groups is 1. The van der Waals surface area contributed by atoms with E-state index in [0.717, 1.165) is 24.2 Å². The molecule has 1 atom stereocenters. The number of hydrogen-bond acceptors (Lipinski definition) is 3. The van der Waals surface area contributed by atoms with Crippen molar-refractivity contribution in [3.63, 3.8) is 0 Å². The average Bonchev–Trinajstić information content (AvgIpc) is 2.73. The number of aliphatic hydroxyl groups excluding tert-OH is 1. The highest BCUT2D eigenvalue weighted by molar-refractivity contribution is 5.30. The molecular weight excluding hydrogens is 250 g/mol. The van der Waals surface area contributed by atoms with E-state index in [1.807, 2.05) is 24.3 Å². The monoisotopic (exact) mass is 277 g/mol. The third-order valence-corrected chi connectivity index (χ3v) is 4.80. The maximum atomic E-state index is 11.0. The number of ether oxygens (including phenoxy) is 1. The Kier molecular flexibility index (Phi) is 5.06. The summed E-state index contributed by atoms with van der Waals surface area (Å²) in [7, 11) is 5.86. The summed E-state index contributed by atoms with van der Waals surface area (Å²) in [5, 5.41) is 11.0. The molecule has 0 aromatic heterocycles. The normalized spacial score (nSPS) is 20.4. The minimum absolute atomic E-state index is 0.134. The standard InChI is InChI=1S/C17H27NO2/c1-18(2)17(12-6-4-5-7-13-17)16(19)14-8-10-15(20-3)11-9-14/h8-11,16,19H,4-7,12-13H2,1-3H3. The molecule has 3 heteroatoms. The highest BCUT2D eigenvalue weighted by Gasteiger charge is 2.40. The Balaban J connectivity index is 2.27. The van der Waals surface area contributed by atoms with Gasteiger partial charge in [0.05, 0.1) is 18.8 Å². The molecule has 1 fully saturated rings. The van der Waals surface area contributed by atoms with Crippen LogP contribution in [0.5, 0.6) is 5.75 Å². The van der Waals surface area contributed by atoms with Crippen molar-refractivity contribution in [3.05, 3.63) is 29.8 Å². The fourth-order valence-corrected chi connectivity index (χ4v) is 3.40. The molecule has 0 bridgehead atoms. The molecule has 20 heavy (non-hydrogen) atoms. The first-order valence-electron chi connectivity index (χ1n) is 7.59. The third-order valence-electron chi connectivity index (χ3n) is 4.80. The van der Waals surface area contributed by atoms with Gasteiger partial charge in [0.2, 0.25) is 0 Å². The number of hydrogen-bond donors (Lipinski definition) is 1. The Morgan fingerprint density at radius 1 is 1.05 bits per heavy atom. The predicted octanol–water partition coefficient (Wildman–Crippen LogP) is 3.38. The smallest absolute Gasteiger partial charge is 0.118 e. The van der Waals surface area contributed by atoms with Crippen LogP contribution < -0.4 is 4.74 Å². The van der Waals surface area contributed by atoms with Gasteiger partial charge >= 0.3 is 0 Å². The minimum Gasteiger partial charge on any atom is -0.497 e. The number of methoxy groups -OCH3 is 1. The van der Waals surface area contributed by atoms with Crippen LogP contribution in [0.4, 0.5) is 0 Å². The summed E-state index contributed by atoms with van der Waals surface area (Å²) in [5.74, 6) is 0.834. The molecule has 0 saturated heterocycles. The van der Waals surface area contributed by atoms with Crippen molar-refractivity contribution < 1.29 is 9.84 Å². The van der Waals surface area contributed by atoms with Crippen LogP contribution in [0.1, 0.15) is 50.2 Å². The van der Waals surface area contributed by atoms with Crippen LogP contribution in [0.3, 0.4) is 0 Å². The molecule has 112 valence electrons. The van der Waals surface area contributed by atoms with Gasteiger partial charge in [0.25, 0.3) is 0 Å². The van der Waals surface area contributed by atoms with Crippen molar-refractivity contribution in [2.24, 2.45) is 0 Å². The maximum absolute atomic E-state index is 11.0. The van der Waals surface area contributed by atoms with Gasteiger partial charge < -0.3 is 14.7 Å². The molecule has 1 aliphatic rings. The fourth-order valence-electron chi connectivity index (χ4n) is 3.40. The number of rotatable bonds is 4. The van der Waals surface area contributed by atoms with Crippen molar-refractivity contribution in [1.82, 2.24) is 4.90 Å². The average molecular weight is 277 g/mol. The molecule has 1 N–H and O–H groups in total. The van der Waals surface area contributed by atoms with Crippen LogP contribution in [-0.4, -0.2) is 36.8 Å². The zero-order valence-electron chi connectivity index (χ0n) is 12.9. The molecule has 0 amide bonds. The maximum Gasteiger partial charge on any atom is 0.118 e. The van der Waals surface area contributed by atoms with Gasteiger partial charge in [-0.2, -0.15) is 0 Å². The van der Waals surface area contributed by atoms with Gasteiger partial charge in [-0.1, -0.05) is 37.8 Å². The molecule has 0 heterocycles. The van der Waals surface area contributed by atoms with E-state index in [9.17, 15) is 5.11 Å². The van der Waals surface area contributed by atoms with Crippen molar-refractivity contribution in [2.75, 3.05) is 21.2 Å². The predicted molar refractivity (Wildman–Crippen MR) is 82.1 cm³/mol. The van der Waals surface area contributed by atoms with Crippen LogP contribution in [0.2, 0.25) is 0 Å². The summed E-state index contributed by atoms with van der Waals surface area (Å²) in [6.07, 6.45) is 6.65. The Hall–Kier alpha value is -1.06. The Morgan fingerprint density at radius 2 is 1.60 bits per heavy atom.